The van der Waals surface area contributed by atoms with Gasteiger partial charge in [0.15, 0.2) is 5.78 Å². The molecule has 0 saturated carbocycles. The van der Waals surface area contributed by atoms with Crippen LogP contribution in [0.25, 0.3) is 0 Å². The Hall–Kier alpha value is -1.89. The van der Waals surface area contributed by atoms with Crippen molar-refractivity contribution < 1.29 is 4.79 Å². The molecule has 0 heterocycles. The third kappa shape index (κ3) is 12.9. The normalized spacial score (nSPS) is 11.0. The van der Waals surface area contributed by atoms with Crippen LogP contribution in [0.4, 0.5) is 0 Å². The smallest absolute Gasteiger partial charge is 0.192 e. The van der Waals surface area contributed by atoms with Gasteiger partial charge in [0.2, 0.25) is 0 Å². The largest absolute Gasteiger partial charge is 0.289 e. The summed E-state index contributed by atoms with van der Waals surface area (Å²) in [6.45, 7) is 22.9. The molecule has 0 rings (SSSR count). The molecule has 118 valence electrons. The molecule has 0 aromatic rings. The molecule has 0 N–H and O–H groups in total. The molecule has 1 heteroatoms. The number of carbonyl (C=O) groups excluding carboxylic acids is 1. The van der Waals surface area contributed by atoms with E-state index in [1.54, 1.807) is 24.3 Å². The van der Waals surface area contributed by atoms with E-state index in [0.29, 0.717) is 17.1 Å². The lowest BCUT2D eigenvalue weighted by Crippen LogP contribution is -2.03. The van der Waals surface area contributed by atoms with Crippen LogP contribution in [-0.4, -0.2) is 5.78 Å². The predicted octanol–water partition coefficient (Wildman–Crippen LogP) is 6.23. The van der Waals surface area contributed by atoms with Crippen LogP contribution in [-0.2, 0) is 4.79 Å². The molecule has 0 aromatic carbocycles. The van der Waals surface area contributed by atoms with Gasteiger partial charge in [-0.25, -0.2) is 0 Å². The summed E-state index contributed by atoms with van der Waals surface area (Å²) in [6, 6.07) is 0. The zero-order chi connectivity index (χ0) is 17.3. The molecule has 0 aromatic heterocycles. The summed E-state index contributed by atoms with van der Waals surface area (Å²) in [4.78, 5) is 12.1. The lowest BCUT2D eigenvalue weighted by Gasteiger charge is -2.02. The second-order valence-corrected chi connectivity index (χ2v) is 3.85. The van der Waals surface area contributed by atoms with E-state index in [-0.39, 0.29) is 5.78 Å². The van der Waals surface area contributed by atoms with Crippen LogP contribution in [0.1, 0.15) is 41.5 Å². The van der Waals surface area contributed by atoms with E-state index in [2.05, 4.69) is 33.6 Å². The topological polar surface area (TPSA) is 17.1 Å². The molecule has 0 amide bonds. The Morgan fingerprint density at radius 3 is 1.62 bits per heavy atom. The van der Waals surface area contributed by atoms with E-state index in [0.717, 1.165) is 0 Å². The minimum Gasteiger partial charge on any atom is -0.289 e. The van der Waals surface area contributed by atoms with Crippen molar-refractivity contribution in [2.24, 2.45) is 5.92 Å². The summed E-state index contributed by atoms with van der Waals surface area (Å²) >= 11 is 0. The maximum Gasteiger partial charge on any atom is 0.192 e. The Morgan fingerprint density at radius 2 is 1.29 bits per heavy atom. The van der Waals surface area contributed by atoms with Gasteiger partial charge in [-0.05, 0) is 5.92 Å². The lowest BCUT2D eigenvalue weighted by atomic mass is 10.0. The van der Waals surface area contributed by atoms with E-state index in [9.17, 15) is 4.79 Å². The van der Waals surface area contributed by atoms with E-state index in [1.807, 2.05) is 39.8 Å². The number of allylic oxidation sites excluding steroid dienone is 9. The van der Waals surface area contributed by atoms with Crippen LogP contribution >= 0.6 is 0 Å². The van der Waals surface area contributed by atoms with E-state index in [4.69, 9.17) is 0 Å². The average molecular weight is 288 g/mol. The highest BCUT2D eigenvalue weighted by atomic mass is 16.1. The molecule has 0 fully saturated rings. The molecule has 1 nitrogen and oxygen atoms in total. The molecule has 21 heavy (non-hydrogen) atoms. The van der Waals surface area contributed by atoms with Gasteiger partial charge < -0.3 is 0 Å². The van der Waals surface area contributed by atoms with Crippen molar-refractivity contribution in [1.29, 1.82) is 0 Å². The second kappa shape index (κ2) is 18.1. The van der Waals surface area contributed by atoms with Gasteiger partial charge in [0, 0.05) is 11.1 Å². The Balaban J connectivity index is -0.000000739. The predicted molar refractivity (Wildman–Crippen MR) is 98.4 cm³/mol. The summed E-state index contributed by atoms with van der Waals surface area (Å²) < 4.78 is 0. The van der Waals surface area contributed by atoms with Crippen molar-refractivity contribution in [3.8, 4) is 0 Å². The fourth-order valence-corrected chi connectivity index (χ4v) is 1.16. The first-order valence-corrected chi connectivity index (χ1v) is 7.57. The summed E-state index contributed by atoms with van der Waals surface area (Å²) in [7, 11) is 0. The molecule has 0 aliphatic heterocycles. The van der Waals surface area contributed by atoms with Crippen molar-refractivity contribution >= 4 is 5.78 Å². The van der Waals surface area contributed by atoms with Crippen molar-refractivity contribution in [3.05, 3.63) is 73.4 Å². The fourth-order valence-electron chi connectivity index (χ4n) is 1.16. The molecule has 0 aliphatic carbocycles. The number of hydrogen-bond acceptors (Lipinski definition) is 1. The number of ketones is 1. The highest BCUT2D eigenvalue weighted by Gasteiger charge is 2.08. The van der Waals surface area contributed by atoms with Crippen LogP contribution in [0.3, 0.4) is 0 Å². The van der Waals surface area contributed by atoms with Gasteiger partial charge in [-0.1, -0.05) is 104 Å². The Kier molecular flexibility index (Phi) is 20.8. The van der Waals surface area contributed by atoms with Crippen LogP contribution in [0.5, 0.6) is 0 Å². The van der Waals surface area contributed by atoms with Gasteiger partial charge in [0.25, 0.3) is 0 Å². The Morgan fingerprint density at radius 1 is 0.857 bits per heavy atom. The van der Waals surface area contributed by atoms with Crippen LogP contribution < -0.4 is 0 Å². The average Bonchev–Trinajstić information content (AvgIpc) is 2.52. The van der Waals surface area contributed by atoms with Crippen LogP contribution in [0.2, 0.25) is 0 Å². The molecule has 0 radical (unpaired) electrons. The molecule has 0 bridgehead atoms. The van der Waals surface area contributed by atoms with Crippen molar-refractivity contribution in [2.75, 3.05) is 0 Å². The zero-order valence-electron chi connectivity index (χ0n) is 14.6. The van der Waals surface area contributed by atoms with Gasteiger partial charge in [-0.3, -0.25) is 4.79 Å². The fraction of sp³-hybridized carbons (Fsp3) is 0.350. The van der Waals surface area contributed by atoms with E-state index >= 15 is 0 Å². The molecule has 0 unspecified atom stereocenters. The number of Topliss-reactive ketones (excluding diaryl/α,β-unsaturated/α-hetero) is 1. The molecular weight excluding hydrogens is 256 g/mol. The molecule has 0 spiro atoms. The lowest BCUT2D eigenvalue weighted by molar-refractivity contribution is -0.111. The van der Waals surface area contributed by atoms with Gasteiger partial charge in [-0.2, -0.15) is 0 Å². The first-order valence-electron chi connectivity index (χ1n) is 7.57. The summed E-state index contributed by atoms with van der Waals surface area (Å²) in [5.41, 5.74) is 1.13. The standard InChI is InChI=1S/C16H20O.2C2H6/c1-6-9-14(8-3)16(17)15(10-7-2)12-11-13(4)5;2*1-2/h6-13H,1-3H2,4-5H3;2*1-2H3/b12-11-,14-9+,15-10+;;. The first kappa shape index (κ1) is 24.1. The van der Waals surface area contributed by atoms with Crippen molar-refractivity contribution in [1.82, 2.24) is 0 Å². The maximum absolute atomic E-state index is 12.1. The second-order valence-electron chi connectivity index (χ2n) is 3.85. The third-order valence-corrected chi connectivity index (χ3v) is 2.00. The van der Waals surface area contributed by atoms with Gasteiger partial charge in [0.05, 0.1) is 0 Å². The zero-order valence-corrected chi connectivity index (χ0v) is 14.6. The quantitative estimate of drug-likeness (QED) is 0.401. The molecule has 0 aliphatic rings. The minimum absolute atomic E-state index is 0.0725. The first-order chi connectivity index (χ1) is 10.1. The van der Waals surface area contributed by atoms with Gasteiger partial charge >= 0.3 is 0 Å². The highest BCUT2D eigenvalue weighted by molar-refractivity contribution is 6.12. The Bertz CT molecular complexity index is 390. The maximum atomic E-state index is 12.1. The van der Waals surface area contributed by atoms with Crippen molar-refractivity contribution in [3.63, 3.8) is 0 Å². The number of carbonyl (C=O) groups is 1. The van der Waals surface area contributed by atoms with E-state index < -0.39 is 0 Å². The number of hydrogen-bond donors (Lipinski definition) is 0. The van der Waals surface area contributed by atoms with E-state index in [1.165, 1.54) is 6.08 Å². The SMILES string of the molecule is C=C/C=C(\C=C)C(=O)C(/C=C\C(C)C)=C/C=C.CC.CC. The van der Waals surface area contributed by atoms with Crippen LogP contribution in [0.15, 0.2) is 73.4 Å². The highest BCUT2D eigenvalue weighted by Crippen LogP contribution is 2.11. The van der Waals surface area contributed by atoms with Crippen LogP contribution in [0, 0.1) is 5.92 Å². The molecular formula is C20H32O. The van der Waals surface area contributed by atoms with Crippen molar-refractivity contribution in [2.45, 2.75) is 41.5 Å². The van der Waals surface area contributed by atoms with Gasteiger partial charge in [-0.15, -0.1) is 0 Å². The summed E-state index contributed by atoms with van der Waals surface area (Å²) in [5, 5.41) is 0. The van der Waals surface area contributed by atoms with Gasteiger partial charge in [0.1, 0.15) is 0 Å². The molecule has 0 atom stereocenters. The monoisotopic (exact) mass is 288 g/mol. The third-order valence-electron chi connectivity index (χ3n) is 2.00. The summed E-state index contributed by atoms with van der Waals surface area (Å²) in [5.74, 6) is 0.322. The number of rotatable bonds is 7. The summed E-state index contributed by atoms with van der Waals surface area (Å²) in [6.07, 6.45) is 11.8. The Labute approximate surface area is 132 Å². The minimum atomic E-state index is -0.0725. The molecule has 0 saturated heterocycles.